The Bertz CT molecular complexity index is 244. The summed E-state index contributed by atoms with van der Waals surface area (Å²) >= 11 is 0. The van der Waals surface area contributed by atoms with Gasteiger partial charge in [0.05, 0.1) is 0 Å². The highest BCUT2D eigenvalue weighted by molar-refractivity contribution is 5.91. The van der Waals surface area contributed by atoms with Gasteiger partial charge in [0.1, 0.15) is 0 Å². The van der Waals surface area contributed by atoms with E-state index < -0.39 is 0 Å². The highest BCUT2D eigenvalue weighted by Gasteiger charge is 2.31. The van der Waals surface area contributed by atoms with Gasteiger partial charge in [0.15, 0.2) is 5.96 Å². The van der Waals surface area contributed by atoms with Crippen LogP contribution in [0.1, 0.15) is 26.7 Å². The van der Waals surface area contributed by atoms with Gasteiger partial charge in [-0.1, -0.05) is 13.8 Å². The van der Waals surface area contributed by atoms with Crippen LogP contribution < -0.4 is 11.5 Å². The summed E-state index contributed by atoms with van der Waals surface area (Å²) in [5, 5.41) is 7.72. The molecule has 1 rings (SSSR count). The highest BCUT2D eigenvalue weighted by atomic mass is 15.3. The average molecular weight is 197 g/mol. The molecule has 2 atom stereocenters. The molecule has 0 aromatic rings. The fourth-order valence-corrected chi connectivity index (χ4v) is 2.08. The zero-order chi connectivity index (χ0) is 10.7. The van der Waals surface area contributed by atoms with E-state index in [9.17, 15) is 0 Å². The van der Waals surface area contributed by atoms with Crippen LogP contribution in [0, 0.1) is 11.3 Å². The molecule has 2 unspecified atom stereocenters. The van der Waals surface area contributed by atoms with Crippen molar-refractivity contribution >= 4 is 11.9 Å². The van der Waals surface area contributed by atoms with Gasteiger partial charge in [-0.05, 0) is 18.8 Å². The molecule has 1 heterocycles. The lowest BCUT2D eigenvalue weighted by molar-refractivity contribution is 0.330. The van der Waals surface area contributed by atoms with Gasteiger partial charge >= 0.3 is 0 Å². The van der Waals surface area contributed by atoms with E-state index in [-0.39, 0.29) is 11.9 Å². The Hall–Kier alpha value is -1.26. The third-order valence-corrected chi connectivity index (χ3v) is 2.81. The first kappa shape index (κ1) is 10.8. The summed E-state index contributed by atoms with van der Waals surface area (Å²) in [4.78, 5) is 5.75. The monoisotopic (exact) mass is 197 g/mol. The number of nitrogens with one attached hydrogen (secondary N) is 1. The Kier molecular flexibility index (Phi) is 3.33. The summed E-state index contributed by atoms with van der Waals surface area (Å²) in [6, 6.07) is 0.408. The van der Waals surface area contributed by atoms with Crippen molar-refractivity contribution in [1.29, 1.82) is 5.41 Å². The molecule has 5 nitrogen and oxygen atoms in total. The first-order valence-electron chi connectivity index (χ1n) is 5.01. The van der Waals surface area contributed by atoms with Crippen LogP contribution in [0.25, 0.3) is 0 Å². The lowest BCUT2D eigenvalue weighted by Crippen LogP contribution is -2.37. The maximum absolute atomic E-state index is 7.72. The van der Waals surface area contributed by atoms with E-state index in [1.54, 1.807) is 0 Å². The number of guanidine groups is 2. The van der Waals surface area contributed by atoms with Gasteiger partial charge in [0.25, 0.3) is 0 Å². The number of hydrogen-bond donors (Lipinski definition) is 3. The highest BCUT2D eigenvalue weighted by Crippen LogP contribution is 2.26. The normalized spacial score (nSPS) is 26.3. The molecular weight excluding hydrogens is 178 g/mol. The van der Waals surface area contributed by atoms with Crippen molar-refractivity contribution in [3.8, 4) is 0 Å². The Balaban J connectivity index is 2.69. The van der Waals surface area contributed by atoms with Gasteiger partial charge in [0, 0.05) is 12.6 Å². The van der Waals surface area contributed by atoms with Gasteiger partial charge in [-0.25, -0.2) is 0 Å². The van der Waals surface area contributed by atoms with Gasteiger partial charge in [-0.15, -0.1) is 0 Å². The van der Waals surface area contributed by atoms with Crippen LogP contribution in [0.3, 0.4) is 0 Å². The standard InChI is InChI=1S/C9H19N5/c1-3-7-6(2)4-5-14(7)9(12)13-8(10)11/h6-7H,3-5H2,1-2H3,(H5,10,11,12,13). The van der Waals surface area contributed by atoms with Crippen LogP contribution in [0.5, 0.6) is 0 Å². The van der Waals surface area contributed by atoms with E-state index in [1.807, 2.05) is 4.90 Å². The second kappa shape index (κ2) is 4.30. The summed E-state index contributed by atoms with van der Waals surface area (Å²) in [7, 11) is 0. The molecule has 5 heteroatoms. The molecule has 0 aliphatic carbocycles. The Morgan fingerprint density at radius 3 is 2.71 bits per heavy atom. The summed E-state index contributed by atoms with van der Waals surface area (Å²) in [5.41, 5.74) is 10.5. The zero-order valence-electron chi connectivity index (χ0n) is 8.83. The number of hydrogen-bond acceptors (Lipinski definition) is 1. The first-order chi connectivity index (χ1) is 6.56. The molecule has 1 aliphatic rings. The van der Waals surface area contributed by atoms with Crippen molar-refractivity contribution in [2.75, 3.05) is 6.54 Å². The van der Waals surface area contributed by atoms with E-state index >= 15 is 0 Å². The van der Waals surface area contributed by atoms with E-state index in [0.29, 0.717) is 12.0 Å². The molecule has 0 radical (unpaired) electrons. The third-order valence-electron chi connectivity index (χ3n) is 2.81. The van der Waals surface area contributed by atoms with Gasteiger partial charge in [0.2, 0.25) is 5.96 Å². The van der Waals surface area contributed by atoms with Gasteiger partial charge in [-0.3, -0.25) is 5.41 Å². The average Bonchev–Trinajstić information content (AvgIpc) is 2.45. The second-order valence-corrected chi connectivity index (χ2v) is 3.80. The van der Waals surface area contributed by atoms with Crippen LogP contribution in [0.2, 0.25) is 0 Å². The summed E-state index contributed by atoms with van der Waals surface area (Å²) < 4.78 is 0. The van der Waals surface area contributed by atoms with Crippen molar-refractivity contribution in [2.45, 2.75) is 32.7 Å². The van der Waals surface area contributed by atoms with Crippen LogP contribution >= 0.6 is 0 Å². The Morgan fingerprint density at radius 1 is 1.57 bits per heavy atom. The molecule has 5 N–H and O–H groups in total. The molecule has 1 saturated heterocycles. The molecule has 1 aliphatic heterocycles. The number of rotatable bonds is 1. The smallest absolute Gasteiger partial charge is 0.221 e. The number of nitrogens with zero attached hydrogens (tertiary/aromatic N) is 2. The first-order valence-corrected chi connectivity index (χ1v) is 5.01. The van der Waals surface area contributed by atoms with Crippen molar-refractivity contribution < 1.29 is 0 Å². The molecule has 14 heavy (non-hydrogen) atoms. The maximum Gasteiger partial charge on any atom is 0.221 e. The van der Waals surface area contributed by atoms with Gasteiger partial charge in [-0.2, -0.15) is 4.99 Å². The second-order valence-electron chi connectivity index (χ2n) is 3.80. The molecule has 80 valence electrons. The van der Waals surface area contributed by atoms with E-state index in [2.05, 4.69) is 18.8 Å². The molecule has 1 fully saturated rings. The van der Waals surface area contributed by atoms with Gasteiger partial charge < -0.3 is 16.4 Å². The molecule has 0 amide bonds. The predicted molar refractivity (Wildman–Crippen MR) is 58.1 cm³/mol. The minimum absolute atomic E-state index is 0.0376. The molecule has 0 bridgehead atoms. The largest absolute Gasteiger partial charge is 0.370 e. The summed E-state index contributed by atoms with van der Waals surface area (Å²) in [6.45, 7) is 5.22. The number of aliphatic imine (C=N–C) groups is 1. The molecule has 0 aromatic heterocycles. The fraction of sp³-hybridized carbons (Fsp3) is 0.778. The zero-order valence-corrected chi connectivity index (χ0v) is 8.83. The molecule has 0 aromatic carbocycles. The minimum Gasteiger partial charge on any atom is -0.370 e. The summed E-state index contributed by atoms with van der Waals surface area (Å²) in [6.07, 6.45) is 2.14. The van der Waals surface area contributed by atoms with Crippen molar-refractivity contribution in [1.82, 2.24) is 4.90 Å². The van der Waals surface area contributed by atoms with Crippen molar-refractivity contribution in [3.05, 3.63) is 0 Å². The minimum atomic E-state index is -0.0376. The summed E-state index contributed by atoms with van der Waals surface area (Å²) in [5.74, 6) is 0.778. The number of nitrogens with two attached hydrogens (primary N) is 2. The third kappa shape index (κ3) is 2.16. The maximum atomic E-state index is 7.72. The lowest BCUT2D eigenvalue weighted by Gasteiger charge is -2.25. The van der Waals surface area contributed by atoms with Crippen LogP contribution in [0.15, 0.2) is 4.99 Å². The van der Waals surface area contributed by atoms with Crippen molar-refractivity contribution in [3.63, 3.8) is 0 Å². The SMILES string of the molecule is CCC1C(C)CCN1C(=N)N=C(N)N. The Labute approximate surface area is 84.7 Å². The number of likely N-dealkylation sites (tertiary alicyclic amines) is 1. The van der Waals surface area contributed by atoms with E-state index in [4.69, 9.17) is 16.9 Å². The fourth-order valence-electron chi connectivity index (χ4n) is 2.08. The molecule has 0 saturated carbocycles. The molecule has 0 spiro atoms. The topological polar surface area (TPSA) is 91.5 Å². The van der Waals surface area contributed by atoms with Crippen LogP contribution in [-0.4, -0.2) is 29.4 Å². The van der Waals surface area contributed by atoms with Crippen molar-refractivity contribution in [2.24, 2.45) is 22.4 Å². The van der Waals surface area contributed by atoms with E-state index in [1.165, 1.54) is 0 Å². The lowest BCUT2D eigenvalue weighted by atomic mass is 10.0. The van der Waals surface area contributed by atoms with E-state index in [0.717, 1.165) is 19.4 Å². The Morgan fingerprint density at radius 2 is 2.21 bits per heavy atom. The van der Waals surface area contributed by atoms with Crippen LogP contribution in [-0.2, 0) is 0 Å². The molecular formula is C9H19N5. The van der Waals surface area contributed by atoms with Crippen LogP contribution in [0.4, 0.5) is 0 Å². The predicted octanol–water partition coefficient (Wildman–Crippen LogP) is 0.315. The quantitative estimate of drug-likeness (QED) is 0.417.